The van der Waals surface area contributed by atoms with E-state index >= 15 is 0 Å². The van der Waals surface area contributed by atoms with Gasteiger partial charge >= 0.3 is 5.97 Å². The van der Waals surface area contributed by atoms with Gasteiger partial charge in [-0.15, -0.1) is 11.3 Å². The van der Waals surface area contributed by atoms with Gasteiger partial charge in [0.1, 0.15) is 5.82 Å². The molecule has 0 aromatic carbocycles. The van der Waals surface area contributed by atoms with Gasteiger partial charge in [-0.25, -0.2) is 9.78 Å². The molecule has 19 heavy (non-hydrogen) atoms. The number of aromatic nitrogens is 2. The van der Waals surface area contributed by atoms with Crippen molar-refractivity contribution in [1.82, 2.24) is 9.55 Å². The fraction of sp³-hybridized carbons (Fsp3) is 0.286. The van der Waals surface area contributed by atoms with E-state index < -0.39 is 5.97 Å². The maximum Gasteiger partial charge on any atom is 0.328 e. The Morgan fingerprint density at radius 1 is 1.58 bits per heavy atom. The van der Waals surface area contributed by atoms with E-state index in [4.69, 9.17) is 5.11 Å². The Bertz CT molecular complexity index is 596. The number of hydrogen-bond acceptors (Lipinski definition) is 3. The van der Waals surface area contributed by atoms with Gasteiger partial charge in [0.2, 0.25) is 0 Å². The Hall–Kier alpha value is -1.88. The minimum absolute atomic E-state index is 0.368. The molecule has 0 saturated carbocycles. The van der Waals surface area contributed by atoms with Crippen molar-refractivity contribution < 1.29 is 9.90 Å². The Kier molecular flexibility index (Phi) is 4.16. The van der Waals surface area contributed by atoms with E-state index in [0.717, 1.165) is 22.8 Å². The summed E-state index contributed by atoms with van der Waals surface area (Å²) in [5.41, 5.74) is 0.954. The quantitative estimate of drug-likeness (QED) is 0.853. The SMILES string of the molecule is CC(C)c1nccn1Cc1sccc1C=CC(=O)O. The molecule has 0 amide bonds. The van der Waals surface area contributed by atoms with E-state index in [1.165, 1.54) is 6.08 Å². The molecule has 0 fully saturated rings. The van der Waals surface area contributed by atoms with Gasteiger partial charge < -0.3 is 9.67 Å². The minimum atomic E-state index is -0.928. The maximum atomic E-state index is 10.6. The van der Waals surface area contributed by atoms with Crippen LogP contribution < -0.4 is 0 Å². The molecule has 0 saturated heterocycles. The van der Waals surface area contributed by atoms with Gasteiger partial charge in [0.25, 0.3) is 0 Å². The third-order valence-corrected chi connectivity index (χ3v) is 3.68. The van der Waals surface area contributed by atoms with Crippen LogP contribution in [0.5, 0.6) is 0 Å². The summed E-state index contributed by atoms with van der Waals surface area (Å²) >= 11 is 1.63. The monoisotopic (exact) mass is 276 g/mol. The Labute approximate surface area is 116 Å². The van der Waals surface area contributed by atoms with Crippen LogP contribution in [0.4, 0.5) is 0 Å². The lowest BCUT2D eigenvalue weighted by Crippen LogP contribution is -2.05. The van der Waals surface area contributed by atoms with Gasteiger partial charge in [-0.1, -0.05) is 13.8 Å². The summed E-state index contributed by atoms with van der Waals surface area (Å²) < 4.78 is 2.11. The van der Waals surface area contributed by atoms with Crippen molar-refractivity contribution >= 4 is 23.4 Å². The lowest BCUT2D eigenvalue weighted by atomic mass is 10.2. The van der Waals surface area contributed by atoms with Crippen LogP contribution in [0.3, 0.4) is 0 Å². The highest BCUT2D eigenvalue weighted by atomic mass is 32.1. The molecule has 0 atom stereocenters. The summed E-state index contributed by atoms with van der Waals surface area (Å²) in [6.07, 6.45) is 6.57. The molecule has 1 N–H and O–H groups in total. The molecule has 0 radical (unpaired) electrons. The molecule has 0 bridgehead atoms. The normalized spacial score (nSPS) is 11.5. The highest BCUT2D eigenvalue weighted by molar-refractivity contribution is 7.10. The predicted octanol–water partition coefficient (Wildman–Crippen LogP) is 3.21. The average molecular weight is 276 g/mol. The van der Waals surface area contributed by atoms with Gasteiger partial charge in [-0.3, -0.25) is 0 Å². The van der Waals surface area contributed by atoms with Crippen molar-refractivity contribution in [3.63, 3.8) is 0 Å². The number of aliphatic carboxylic acids is 1. The fourth-order valence-electron chi connectivity index (χ4n) is 1.90. The first-order chi connectivity index (χ1) is 9.08. The number of imidazole rings is 1. The van der Waals surface area contributed by atoms with E-state index in [0.29, 0.717) is 5.92 Å². The molecule has 2 aromatic heterocycles. The first-order valence-electron chi connectivity index (χ1n) is 6.06. The largest absolute Gasteiger partial charge is 0.478 e. The van der Waals surface area contributed by atoms with Gasteiger partial charge in [0.15, 0.2) is 0 Å². The number of thiophene rings is 1. The Morgan fingerprint density at radius 3 is 3.05 bits per heavy atom. The Balaban J connectivity index is 2.22. The molecule has 4 nitrogen and oxygen atoms in total. The third-order valence-electron chi connectivity index (χ3n) is 2.76. The van der Waals surface area contributed by atoms with Crippen LogP contribution in [-0.2, 0) is 11.3 Å². The smallest absolute Gasteiger partial charge is 0.328 e. The van der Waals surface area contributed by atoms with Crippen LogP contribution in [0.15, 0.2) is 29.9 Å². The van der Waals surface area contributed by atoms with E-state index in [1.807, 2.05) is 17.6 Å². The summed E-state index contributed by atoms with van der Waals surface area (Å²) in [7, 11) is 0. The van der Waals surface area contributed by atoms with Crippen LogP contribution in [-0.4, -0.2) is 20.6 Å². The summed E-state index contributed by atoms with van der Waals surface area (Å²) in [5, 5.41) is 10.7. The standard InChI is InChI=1S/C14H16N2O2S/c1-10(2)14-15-6-7-16(14)9-12-11(5-8-19-12)3-4-13(17)18/h3-8,10H,9H2,1-2H3,(H,17,18). The van der Waals surface area contributed by atoms with Crippen molar-refractivity contribution in [1.29, 1.82) is 0 Å². The fourth-order valence-corrected chi connectivity index (χ4v) is 2.76. The number of carbonyl (C=O) groups is 1. The highest BCUT2D eigenvalue weighted by Gasteiger charge is 2.09. The molecule has 100 valence electrons. The lowest BCUT2D eigenvalue weighted by molar-refractivity contribution is -0.131. The second-order valence-corrected chi connectivity index (χ2v) is 5.54. The first kappa shape index (κ1) is 13.5. The highest BCUT2D eigenvalue weighted by Crippen LogP contribution is 2.21. The molecule has 0 aliphatic heterocycles. The molecular weight excluding hydrogens is 260 g/mol. The minimum Gasteiger partial charge on any atom is -0.478 e. The van der Waals surface area contributed by atoms with Crippen molar-refractivity contribution in [3.8, 4) is 0 Å². The van der Waals surface area contributed by atoms with Crippen LogP contribution in [0, 0.1) is 0 Å². The van der Waals surface area contributed by atoms with Crippen LogP contribution >= 0.6 is 11.3 Å². The molecule has 0 aliphatic rings. The third kappa shape index (κ3) is 3.32. The average Bonchev–Trinajstić information content (AvgIpc) is 2.96. The van der Waals surface area contributed by atoms with Crippen LogP contribution in [0.1, 0.15) is 36.0 Å². The van der Waals surface area contributed by atoms with E-state index in [2.05, 4.69) is 23.4 Å². The molecular formula is C14H16N2O2S. The second kappa shape index (κ2) is 5.84. The van der Waals surface area contributed by atoms with E-state index in [9.17, 15) is 4.79 Å². The number of carboxylic acid groups (broad SMARTS) is 1. The molecule has 2 heterocycles. The predicted molar refractivity (Wildman–Crippen MR) is 76.4 cm³/mol. The molecule has 0 aliphatic carbocycles. The zero-order chi connectivity index (χ0) is 13.8. The summed E-state index contributed by atoms with van der Waals surface area (Å²) in [5.74, 6) is 0.484. The zero-order valence-corrected chi connectivity index (χ0v) is 11.7. The van der Waals surface area contributed by atoms with Crippen molar-refractivity contribution in [2.75, 3.05) is 0 Å². The van der Waals surface area contributed by atoms with Crippen molar-refractivity contribution in [3.05, 3.63) is 46.2 Å². The first-order valence-corrected chi connectivity index (χ1v) is 6.94. The number of rotatable bonds is 5. The van der Waals surface area contributed by atoms with Gasteiger partial charge in [0, 0.05) is 29.3 Å². The number of carboxylic acids is 1. The molecule has 2 aromatic rings. The summed E-state index contributed by atoms with van der Waals surface area (Å²) in [4.78, 5) is 16.1. The van der Waals surface area contributed by atoms with Gasteiger partial charge in [-0.05, 0) is 23.1 Å². The number of nitrogens with zero attached hydrogens (tertiary/aromatic N) is 2. The van der Waals surface area contributed by atoms with E-state index in [-0.39, 0.29) is 0 Å². The van der Waals surface area contributed by atoms with Crippen molar-refractivity contribution in [2.24, 2.45) is 0 Å². The maximum absolute atomic E-state index is 10.6. The zero-order valence-electron chi connectivity index (χ0n) is 10.9. The van der Waals surface area contributed by atoms with Gasteiger partial charge in [-0.2, -0.15) is 0 Å². The lowest BCUT2D eigenvalue weighted by Gasteiger charge is -2.09. The van der Waals surface area contributed by atoms with Crippen LogP contribution in [0.25, 0.3) is 6.08 Å². The van der Waals surface area contributed by atoms with Crippen LogP contribution in [0.2, 0.25) is 0 Å². The molecule has 2 rings (SSSR count). The van der Waals surface area contributed by atoms with E-state index in [1.54, 1.807) is 23.6 Å². The Morgan fingerprint density at radius 2 is 2.37 bits per heavy atom. The molecule has 0 unspecified atom stereocenters. The summed E-state index contributed by atoms with van der Waals surface area (Å²) in [6.45, 7) is 4.95. The number of hydrogen-bond donors (Lipinski definition) is 1. The second-order valence-electron chi connectivity index (χ2n) is 4.54. The molecule has 0 spiro atoms. The van der Waals surface area contributed by atoms with Crippen molar-refractivity contribution in [2.45, 2.75) is 26.3 Å². The van der Waals surface area contributed by atoms with Gasteiger partial charge in [0.05, 0.1) is 6.54 Å². The topological polar surface area (TPSA) is 55.1 Å². The summed E-state index contributed by atoms with van der Waals surface area (Å²) in [6, 6.07) is 1.94. The molecule has 5 heteroatoms.